The van der Waals surface area contributed by atoms with Crippen LogP contribution in [-0.4, -0.2) is 83.3 Å². The Morgan fingerprint density at radius 1 is 1.10 bits per heavy atom. The molecule has 0 N–H and O–H groups in total. The number of ether oxygens (including phenoxy) is 1. The summed E-state index contributed by atoms with van der Waals surface area (Å²) in [5.74, 6) is -1.57. The molecular weight excluding hydrogens is 543 g/mol. The third kappa shape index (κ3) is 4.51. The molecule has 7 rings (SSSR count). The fraction of sp³-hybridized carbons (Fsp3) is 0.469. The zero-order chi connectivity index (χ0) is 29.1. The van der Waals surface area contributed by atoms with Gasteiger partial charge in [0, 0.05) is 36.6 Å². The van der Waals surface area contributed by atoms with E-state index >= 15 is 4.39 Å². The normalized spacial score (nSPS) is 25.3. The first-order chi connectivity index (χ1) is 20.3. The number of carbonyl (C=O) groups is 1. The highest BCUT2D eigenvalue weighted by molar-refractivity contribution is 5.95. The van der Waals surface area contributed by atoms with E-state index < -0.39 is 23.7 Å². The van der Waals surface area contributed by atoms with Gasteiger partial charge in [0.25, 0.3) is 5.91 Å². The van der Waals surface area contributed by atoms with Crippen molar-refractivity contribution < 1.29 is 22.7 Å². The SMILES string of the molecule is C=C(F)C(=O)N1CCC2[C@H]1CN2c1nc(OC[C@@H]2C[C@@H](F)CN2C)nc2c(F)c(-c3cccc4c3CCCC4)ccc12. The third-order valence-electron chi connectivity index (χ3n) is 9.55. The van der Waals surface area contributed by atoms with Crippen molar-refractivity contribution >= 4 is 22.6 Å². The number of halogens is 3. The Morgan fingerprint density at radius 2 is 1.93 bits per heavy atom. The van der Waals surface area contributed by atoms with Gasteiger partial charge in [0.15, 0.2) is 11.6 Å². The van der Waals surface area contributed by atoms with Crippen LogP contribution in [0.25, 0.3) is 22.0 Å². The fourth-order valence-corrected chi connectivity index (χ4v) is 7.30. The molecule has 0 saturated carbocycles. The van der Waals surface area contributed by atoms with Gasteiger partial charge in [-0.05, 0) is 68.3 Å². The summed E-state index contributed by atoms with van der Waals surface area (Å²) in [5.41, 5.74) is 3.99. The number of anilines is 1. The number of alkyl halides is 1. The Morgan fingerprint density at radius 3 is 2.71 bits per heavy atom. The van der Waals surface area contributed by atoms with Gasteiger partial charge in [0.05, 0.1) is 12.1 Å². The summed E-state index contributed by atoms with van der Waals surface area (Å²) in [6.45, 7) is 4.54. The largest absolute Gasteiger partial charge is 0.462 e. The Hall–Kier alpha value is -3.66. The number of amides is 1. The molecule has 42 heavy (non-hydrogen) atoms. The summed E-state index contributed by atoms with van der Waals surface area (Å²) < 4.78 is 50.2. The highest BCUT2D eigenvalue weighted by Gasteiger charge is 2.50. The highest BCUT2D eigenvalue weighted by atomic mass is 19.1. The minimum atomic E-state index is -0.970. The maximum atomic E-state index is 16.5. The van der Waals surface area contributed by atoms with Gasteiger partial charge in [-0.2, -0.15) is 9.97 Å². The van der Waals surface area contributed by atoms with Crippen LogP contribution in [0.4, 0.5) is 19.0 Å². The van der Waals surface area contributed by atoms with Crippen molar-refractivity contribution in [1.29, 1.82) is 0 Å². The Labute approximate surface area is 243 Å². The molecule has 1 unspecified atom stereocenters. The predicted molar refractivity (Wildman–Crippen MR) is 154 cm³/mol. The lowest BCUT2D eigenvalue weighted by molar-refractivity contribution is -0.130. The van der Waals surface area contributed by atoms with Crippen molar-refractivity contribution in [3.05, 3.63) is 59.7 Å². The van der Waals surface area contributed by atoms with Gasteiger partial charge in [-0.3, -0.25) is 9.69 Å². The second kappa shape index (κ2) is 10.6. The lowest BCUT2D eigenvalue weighted by atomic mass is 9.85. The Kier molecular flexibility index (Phi) is 6.84. The van der Waals surface area contributed by atoms with Gasteiger partial charge >= 0.3 is 6.01 Å². The number of benzene rings is 2. The molecule has 1 amide bonds. The van der Waals surface area contributed by atoms with Crippen molar-refractivity contribution in [2.24, 2.45) is 0 Å². The van der Waals surface area contributed by atoms with E-state index in [2.05, 4.69) is 17.6 Å². The van der Waals surface area contributed by atoms with Gasteiger partial charge in [-0.1, -0.05) is 30.8 Å². The van der Waals surface area contributed by atoms with Crippen LogP contribution < -0.4 is 9.64 Å². The van der Waals surface area contributed by atoms with E-state index in [1.54, 1.807) is 6.07 Å². The quantitative estimate of drug-likeness (QED) is 0.384. The maximum Gasteiger partial charge on any atom is 0.319 e. The average molecular weight is 578 g/mol. The van der Waals surface area contributed by atoms with Gasteiger partial charge < -0.3 is 14.5 Å². The summed E-state index contributed by atoms with van der Waals surface area (Å²) in [4.78, 5) is 27.1. The first kappa shape index (κ1) is 27.2. The van der Waals surface area contributed by atoms with Crippen molar-refractivity contribution in [3.8, 4) is 17.1 Å². The lowest BCUT2D eigenvalue weighted by Gasteiger charge is -2.47. The maximum absolute atomic E-state index is 16.5. The molecule has 2 aromatic carbocycles. The van der Waals surface area contributed by atoms with Crippen LogP contribution in [0.3, 0.4) is 0 Å². The van der Waals surface area contributed by atoms with Gasteiger partial charge in [-0.25, -0.2) is 13.2 Å². The van der Waals surface area contributed by atoms with Crippen molar-refractivity contribution in [3.63, 3.8) is 0 Å². The minimum absolute atomic E-state index is 0.0332. The van der Waals surface area contributed by atoms with Gasteiger partial charge in [0.1, 0.15) is 24.1 Å². The average Bonchev–Trinajstić information content (AvgIpc) is 3.48. The summed E-state index contributed by atoms with van der Waals surface area (Å²) in [7, 11) is 1.85. The highest BCUT2D eigenvalue weighted by Crippen LogP contribution is 2.42. The number of likely N-dealkylation sites (N-methyl/N-ethyl adjacent to an activating group) is 1. The second-order valence-electron chi connectivity index (χ2n) is 12.0. The molecule has 4 aliphatic rings. The van der Waals surface area contributed by atoms with E-state index in [-0.39, 0.29) is 36.3 Å². The number of likely N-dealkylation sites (tertiary alicyclic amines) is 2. The molecule has 7 nitrogen and oxygen atoms in total. The van der Waals surface area contributed by atoms with E-state index in [0.717, 1.165) is 31.2 Å². The second-order valence-corrected chi connectivity index (χ2v) is 12.0. The molecule has 10 heteroatoms. The number of carbonyl (C=O) groups excluding carboxylic acids is 1. The van der Waals surface area contributed by atoms with Crippen molar-refractivity contribution in [1.82, 2.24) is 19.8 Å². The van der Waals surface area contributed by atoms with Gasteiger partial charge in [0.2, 0.25) is 0 Å². The molecule has 0 radical (unpaired) electrons. The van der Waals surface area contributed by atoms with E-state index in [1.807, 2.05) is 35.0 Å². The molecule has 1 aliphatic carbocycles. The van der Waals surface area contributed by atoms with Crippen LogP contribution >= 0.6 is 0 Å². The topological polar surface area (TPSA) is 61.8 Å². The number of aryl methyl sites for hydroxylation is 1. The monoisotopic (exact) mass is 577 g/mol. The molecule has 4 atom stereocenters. The molecule has 3 fully saturated rings. The van der Waals surface area contributed by atoms with Crippen molar-refractivity contribution in [2.75, 3.05) is 38.2 Å². The number of aromatic nitrogens is 2. The van der Waals surface area contributed by atoms with Crippen LogP contribution in [0, 0.1) is 5.82 Å². The number of fused-ring (bicyclic) bond motifs is 3. The molecule has 3 saturated heterocycles. The first-order valence-electron chi connectivity index (χ1n) is 14.8. The van der Waals surface area contributed by atoms with E-state index in [0.29, 0.717) is 49.2 Å². The van der Waals surface area contributed by atoms with E-state index in [4.69, 9.17) is 9.72 Å². The number of rotatable bonds is 6. The zero-order valence-electron chi connectivity index (χ0n) is 23.7. The summed E-state index contributed by atoms with van der Waals surface area (Å²) in [5, 5.41) is 0.549. The Bertz CT molecular complexity index is 1580. The smallest absolute Gasteiger partial charge is 0.319 e. The molecule has 3 aromatic rings. The van der Waals surface area contributed by atoms with Crippen LogP contribution in [-0.2, 0) is 17.6 Å². The molecule has 4 heterocycles. The summed E-state index contributed by atoms with van der Waals surface area (Å²) in [6, 6.07) is 9.39. The molecular formula is C32H34F3N5O2. The molecule has 0 bridgehead atoms. The fourth-order valence-electron chi connectivity index (χ4n) is 7.30. The van der Waals surface area contributed by atoms with E-state index in [9.17, 15) is 13.6 Å². The van der Waals surface area contributed by atoms with Crippen molar-refractivity contribution in [2.45, 2.75) is 62.8 Å². The molecule has 220 valence electrons. The molecule has 1 aromatic heterocycles. The standard InChI is InChI=1S/C32H34F3N5O2/c1-18(33)31(41)39-13-12-26-27(39)16-40(26)30-25-11-10-24(23-9-5-7-19-6-3-4-8-22(19)23)28(35)29(25)36-32(37-30)42-17-21-14-20(34)15-38(21)2/h5,7,9-11,20-21,26-27H,1,3-4,6,8,12-17H2,2H3/t20-,21+,26?,27-/m1/s1. The number of hydrogen-bond donors (Lipinski definition) is 0. The van der Waals surface area contributed by atoms with Crippen LogP contribution in [0.15, 0.2) is 42.7 Å². The predicted octanol–water partition coefficient (Wildman–Crippen LogP) is 5.01. The third-order valence-corrected chi connectivity index (χ3v) is 9.55. The molecule has 3 aliphatic heterocycles. The lowest BCUT2D eigenvalue weighted by Crippen LogP contribution is -2.63. The summed E-state index contributed by atoms with van der Waals surface area (Å²) >= 11 is 0. The minimum Gasteiger partial charge on any atom is -0.462 e. The van der Waals surface area contributed by atoms with Crippen LogP contribution in [0.5, 0.6) is 6.01 Å². The van der Waals surface area contributed by atoms with E-state index in [1.165, 1.54) is 16.0 Å². The van der Waals surface area contributed by atoms with Gasteiger partial charge in [-0.15, -0.1) is 0 Å². The number of hydrogen-bond acceptors (Lipinski definition) is 6. The molecule has 0 spiro atoms. The first-order valence-corrected chi connectivity index (χ1v) is 14.8. The van der Waals surface area contributed by atoms with Crippen LogP contribution in [0.2, 0.25) is 0 Å². The van der Waals surface area contributed by atoms with Crippen LogP contribution in [0.1, 0.15) is 36.8 Å². The zero-order valence-corrected chi connectivity index (χ0v) is 23.7. The summed E-state index contributed by atoms with van der Waals surface area (Å²) in [6.07, 6.45) is 4.18. The Balaban J connectivity index is 1.28. The number of nitrogens with zero attached hydrogens (tertiary/aromatic N) is 5.